The van der Waals surface area contributed by atoms with Crippen LogP contribution in [0.1, 0.15) is 6.92 Å². The van der Waals surface area contributed by atoms with Crippen molar-refractivity contribution in [2.45, 2.75) is 12.1 Å². The molecule has 2 heterocycles. The predicted molar refractivity (Wildman–Crippen MR) is 106 cm³/mol. The summed E-state index contributed by atoms with van der Waals surface area (Å²) in [5.41, 5.74) is 3.05. The first-order valence-corrected chi connectivity index (χ1v) is 10.00. The number of amides is 1. The van der Waals surface area contributed by atoms with Crippen LogP contribution in [0.2, 0.25) is 0 Å². The molecule has 1 aromatic heterocycles. The van der Waals surface area contributed by atoms with Crippen LogP contribution in [0.3, 0.4) is 0 Å². The van der Waals surface area contributed by atoms with Gasteiger partial charge in [0.05, 0.1) is 24.2 Å². The quantitative estimate of drug-likeness (QED) is 0.578. The summed E-state index contributed by atoms with van der Waals surface area (Å²) in [5, 5.41) is 0.910. The number of hydrogen-bond donors (Lipinski definition) is 0. The van der Waals surface area contributed by atoms with Crippen molar-refractivity contribution in [3.63, 3.8) is 0 Å². The lowest BCUT2D eigenvalue weighted by molar-refractivity contribution is 0.160. The number of para-hydroxylation sites is 2. The van der Waals surface area contributed by atoms with Gasteiger partial charge in [0.25, 0.3) is 0 Å². The molecule has 0 N–H and O–H groups in total. The van der Waals surface area contributed by atoms with E-state index in [1.165, 1.54) is 0 Å². The molecule has 3 aromatic rings. The van der Waals surface area contributed by atoms with Gasteiger partial charge in [0.2, 0.25) is 0 Å². The molecule has 1 aliphatic rings. The Balaban J connectivity index is 1.60. The fourth-order valence-electron chi connectivity index (χ4n) is 3.08. The minimum atomic E-state index is -0.226. The van der Waals surface area contributed by atoms with Gasteiger partial charge in [-0.15, -0.1) is 0 Å². The van der Waals surface area contributed by atoms with Gasteiger partial charge < -0.3 is 14.4 Å². The van der Waals surface area contributed by atoms with E-state index in [9.17, 15) is 4.79 Å². The van der Waals surface area contributed by atoms with Crippen LogP contribution in [0.15, 0.2) is 53.7 Å². The maximum atomic E-state index is 11.6. The third kappa shape index (κ3) is 3.73. The van der Waals surface area contributed by atoms with Gasteiger partial charge in [0, 0.05) is 18.0 Å². The SMILES string of the molecule is CCOc1ccc(-n2c(SCCN3CCOC3=O)nc3ccccc32)cc1. The van der Waals surface area contributed by atoms with Crippen molar-refractivity contribution in [2.75, 3.05) is 32.1 Å². The Hall–Kier alpha value is -2.67. The van der Waals surface area contributed by atoms with Crippen LogP contribution >= 0.6 is 11.8 Å². The summed E-state index contributed by atoms with van der Waals surface area (Å²) in [6.07, 6.45) is -0.226. The molecule has 27 heavy (non-hydrogen) atoms. The molecular weight excluding hydrogens is 362 g/mol. The second kappa shape index (κ2) is 7.92. The Morgan fingerprint density at radius 1 is 1.19 bits per heavy atom. The molecule has 7 heteroatoms. The van der Waals surface area contributed by atoms with Crippen molar-refractivity contribution in [2.24, 2.45) is 0 Å². The smallest absolute Gasteiger partial charge is 0.409 e. The highest BCUT2D eigenvalue weighted by molar-refractivity contribution is 7.99. The lowest BCUT2D eigenvalue weighted by Crippen LogP contribution is -2.26. The van der Waals surface area contributed by atoms with E-state index in [4.69, 9.17) is 14.5 Å². The molecule has 6 nitrogen and oxygen atoms in total. The van der Waals surface area contributed by atoms with Crippen molar-refractivity contribution in [1.29, 1.82) is 0 Å². The number of cyclic esters (lactones) is 1. The third-order valence-electron chi connectivity index (χ3n) is 4.37. The van der Waals surface area contributed by atoms with E-state index in [2.05, 4.69) is 10.6 Å². The van der Waals surface area contributed by atoms with Gasteiger partial charge >= 0.3 is 6.09 Å². The van der Waals surface area contributed by atoms with E-state index in [0.717, 1.165) is 33.4 Å². The maximum absolute atomic E-state index is 11.6. The minimum Gasteiger partial charge on any atom is -0.494 e. The minimum absolute atomic E-state index is 0.226. The number of carbonyl (C=O) groups excluding carboxylic acids is 1. The molecule has 0 unspecified atom stereocenters. The molecule has 0 atom stereocenters. The summed E-state index contributed by atoms with van der Waals surface area (Å²) in [7, 11) is 0. The predicted octanol–water partition coefficient (Wildman–Crippen LogP) is 3.97. The van der Waals surface area contributed by atoms with Gasteiger partial charge in [-0.3, -0.25) is 4.57 Å². The molecule has 1 saturated heterocycles. The van der Waals surface area contributed by atoms with Gasteiger partial charge in [-0.25, -0.2) is 9.78 Å². The summed E-state index contributed by atoms with van der Waals surface area (Å²) in [4.78, 5) is 18.1. The zero-order chi connectivity index (χ0) is 18.6. The molecule has 1 amide bonds. The van der Waals surface area contributed by atoms with Crippen LogP contribution in [0.4, 0.5) is 4.79 Å². The molecule has 1 aliphatic heterocycles. The van der Waals surface area contributed by atoms with E-state index in [1.807, 2.05) is 49.4 Å². The molecule has 1 fully saturated rings. The van der Waals surface area contributed by atoms with E-state index in [-0.39, 0.29) is 6.09 Å². The van der Waals surface area contributed by atoms with Gasteiger partial charge in [-0.1, -0.05) is 23.9 Å². The second-order valence-corrected chi connectivity index (χ2v) is 7.16. The maximum Gasteiger partial charge on any atom is 0.409 e. The molecule has 0 bridgehead atoms. The fraction of sp³-hybridized carbons (Fsp3) is 0.300. The molecular formula is C20H21N3O3S. The average Bonchev–Trinajstić information content (AvgIpc) is 3.26. The Labute approximate surface area is 162 Å². The summed E-state index contributed by atoms with van der Waals surface area (Å²) >= 11 is 1.64. The van der Waals surface area contributed by atoms with Crippen molar-refractivity contribution in [3.05, 3.63) is 48.5 Å². The fourth-order valence-corrected chi connectivity index (χ4v) is 4.07. The topological polar surface area (TPSA) is 56.6 Å². The Bertz CT molecular complexity index is 939. The van der Waals surface area contributed by atoms with Gasteiger partial charge in [0.15, 0.2) is 5.16 Å². The van der Waals surface area contributed by atoms with E-state index in [1.54, 1.807) is 16.7 Å². The van der Waals surface area contributed by atoms with Gasteiger partial charge in [-0.05, 0) is 43.3 Å². The van der Waals surface area contributed by atoms with Crippen molar-refractivity contribution in [3.8, 4) is 11.4 Å². The number of rotatable bonds is 7. The number of aromatic nitrogens is 2. The van der Waals surface area contributed by atoms with E-state index >= 15 is 0 Å². The second-order valence-electron chi connectivity index (χ2n) is 6.10. The normalized spacial score (nSPS) is 14.0. The zero-order valence-corrected chi connectivity index (χ0v) is 15.9. The number of carbonyl (C=O) groups is 1. The largest absolute Gasteiger partial charge is 0.494 e. The molecule has 0 saturated carbocycles. The van der Waals surface area contributed by atoms with Crippen LogP contribution < -0.4 is 4.74 Å². The standard InChI is InChI=1S/C20H21N3O3S/c1-2-25-16-9-7-15(8-10-16)23-18-6-4-3-5-17(18)21-19(23)27-14-12-22-11-13-26-20(22)24/h3-10H,2,11-14H2,1H3. The van der Waals surface area contributed by atoms with Crippen LogP contribution in [-0.4, -0.2) is 52.6 Å². The van der Waals surface area contributed by atoms with E-state index < -0.39 is 0 Å². The summed E-state index contributed by atoms with van der Waals surface area (Å²) in [5.74, 6) is 1.61. The number of nitrogens with zero attached hydrogens (tertiary/aromatic N) is 3. The monoisotopic (exact) mass is 383 g/mol. The number of imidazole rings is 1. The first-order chi connectivity index (χ1) is 13.3. The first kappa shape index (κ1) is 17.7. The Morgan fingerprint density at radius 3 is 2.74 bits per heavy atom. The molecule has 0 spiro atoms. The number of hydrogen-bond acceptors (Lipinski definition) is 5. The molecule has 140 valence electrons. The zero-order valence-electron chi connectivity index (χ0n) is 15.1. The highest BCUT2D eigenvalue weighted by Gasteiger charge is 2.21. The van der Waals surface area contributed by atoms with Crippen molar-refractivity contribution in [1.82, 2.24) is 14.5 Å². The van der Waals surface area contributed by atoms with Gasteiger partial charge in [0.1, 0.15) is 12.4 Å². The van der Waals surface area contributed by atoms with Crippen LogP contribution in [0.5, 0.6) is 5.75 Å². The average molecular weight is 383 g/mol. The Kier molecular flexibility index (Phi) is 5.20. The molecule has 0 aliphatic carbocycles. The van der Waals surface area contributed by atoms with E-state index in [0.29, 0.717) is 26.3 Å². The molecule has 0 radical (unpaired) electrons. The van der Waals surface area contributed by atoms with Crippen LogP contribution in [0.25, 0.3) is 16.7 Å². The summed E-state index contributed by atoms with van der Waals surface area (Å²) in [6, 6.07) is 16.1. The lowest BCUT2D eigenvalue weighted by atomic mass is 10.2. The number of benzene rings is 2. The highest BCUT2D eigenvalue weighted by atomic mass is 32.2. The third-order valence-corrected chi connectivity index (χ3v) is 5.29. The van der Waals surface area contributed by atoms with Crippen LogP contribution in [-0.2, 0) is 4.74 Å². The number of ether oxygens (including phenoxy) is 2. The summed E-state index contributed by atoms with van der Waals surface area (Å²) in [6.45, 7) is 4.41. The molecule has 2 aromatic carbocycles. The highest BCUT2D eigenvalue weighted by Crippen LogP contribution is 2.29. The number of thioether (sulfide) groups is 1. The lowest BCUT2D eigenvalue weighted by Gasteiger charge is -2.13. The first-order valence-electron chi connectivity index (χ1n) is 9.01. The van der Waals surface area contributed by atoms with Gasteiger partial charge in [-0.2, -0.15) is 0 Å². The summed E-state index contributed by atoms with van der Waals surface area (Å²) < 4.78 is 12.7. The Morgan fingerprint density at radius 2 is 2.00 bits per heavy atom. The van der Waals surface area contributed by atoms with Crippen molar-refractivity contribution >= 4 is 28.9 Å². The van der Waals surface area contributed by atoms with Crippen LogP contribution in [0, 0.1) is 0 Å². The molecule has 4 rings (SSSR count). The van der Waals surface area contributed by atoms with Crippen molar-refractivity contribution < 1.29 is 14.3 Å². The number of fused-ring (bicyclic) bond motifs is 1.